The van der Waals surface area contributed by atoms with Crippen LogP contribution in [0.5, 0.6) is 0 Å². The third-order valence-corrected chi connectivity index (χ3v) is 2.83. The first kappa shape index (κ1) is 16.5. The van der Waals surface area contributed by atoms with Gasteiger partial charge in [0.25, 0.3) is 5.56 Å². The maximum atomic E-state index is 11.8. The number of nitrogens with zero attached hydrogens (tertiary/aromatic N) is 2. The van der Waals surface area contributed by atoms with Crippen molar-refractivity contribution in [3.63, 3.8) is 0 Å². The molecule has 7 heteroatoms. The lowest BCUT2D eigenvalue weighted by Crippen LogP contribution is -2.41. The molecule has 0 atom stereocenters. The highest BCUT2D eigenvalue weighted by Gasteiger charge is 2.13. The van der Waals surface area contributed by atoms with E-state index in [0.717, 1.165) is 0 Å². The van der Waals surface area contributed by atoms with Crippen LogP contribution in [-0.4, -0.2) is 27.8 Å². The predicted molar refractivity (Wildman–Crippen MR) is 80.2 cm³/mol. The number of hydrogen-bond acceptors (Lipinski definition) is 4. The number of aromatic nitrogens is 2. The molecular weight excluding hydrogens is 280 g/mol. The summed E-state index contributed by atoms with van der Waals surface area (Å²) in [7, 11) is 0. The fraction of sp³-hybridized carbons (Fsp3) is 0.615. The van der Waals surface area contributed by atoms with Gasteiger partial charge in [-0.05, 0) is 27.7 Å². The van der Waals surface area contributed by atoms with Crippen LogP contribution >= 0.6 is 11.6 Å². The van der Waals surface area contributed by atoms with Gasteiger partial charge in [0.1, 0.15) is 5.02 Å². The van der Waals surface area contributed by atoms with Crippen molar-refractivity contribution in [2.75, 3.05) is 11.9 Å². The van der Waals surface area contributed by atoms with E-state index in [-0.39, 0.29) is 22.0 Å². The SMILES string of the molecule is CCn1ncc(NCCC(=O)NC(C)(C)C)c(Cl)c1=O. The van der Waals surface area contributed by atoms with Crippen molar-refractivity contribution in [3.05, 3.63) is 21.6 Å². The normalized spacial score (nSPS) is 11.2. The van der Waals surface area contributed by atoms with Crippen LogP contribution in [0.1, 0.15) is 34.1 Å². The van der Waals surface area contributed by atoms with Crippen LogP contribution in [0.4, 0.5) is 5.69 Å². The summed E-state index contributed by atoms with van der Waals surface area (Å²) in [6.45, 7) is 8.43. The van der Waals surface area contributed by atoms with Gasteiger partial charge in [-0.15, -0.1) is 0 Å². The Morgan fingerprint density at radius 3 is 2.65 bits per heavy atom. The molecule has 2 N–H and O–H groups in total. The van der Waals surface area contributed by atoms with Crippen LogP contribution in [0.3, 0.4) is 0 Å². The van der Waals surface area contributed by atoms with Crippen LogP contribution in [0, 0.1) is 0 Å². The van der Waals surface area contributed by atoms with Crippen molar-refractivity contribution in [2.45, 2.75) is 46.2 Å². The number of carbonyl (C=O) groups is 1. The van der Waals surface area contributed by atoms with Crippen LogP contribution in [0.15, 0.2) is 11.0 Å². The number of anilines is 1. The molecule has 0 bridgehead atoms. The maximum absolute atomic E-state index is 11.8. The number of carbonyl (C=O) groups excluding carboxylic acids is 1. The quantitative estimate of drug-likeness (QED) is 0.866. The number of halogens is 1. The molecule has 0 aliphatic carbocycles. The molecule has 0 spiro atoms. The Morgan fingerprint density at radius 1 is 1.45 bits per heavy atom. The molecule has 0 aromatic carbocycles. The number of amides is 1. The van der Waals surface area contributed by atoms with Gasteiger partial charge in [0.15, 0.2) is 0 Å². The van der Waals surface area contributed by atoms with E-state index in [2.05, 4.69) is 15.7 Å². The molecule has 1 heterocycles. The van der Waals surface area contributed by atoms with Crippen molar-refractivity contribution in [1.29, 1.82) is 0 Å². The largest absolute Gasteiger partial charge is 0.382 e. The Bertz CT molecular complexity index is 534. The van der Waals surface area contributed by atoms with E-state index in [1.54, 1.807) is 0 Å². The first-order chi connectivity index (χ1) is 9.24. The zero-order valence-electron chi connectivity index (χ0n) is 12.3. The van der Waals surface area contributed by atoms with Gasteiger partial charge in [-0.3, -0.25) is 9.59 Å². The lowest BCUT2D eigenvalue weighted by molar-refractivity contribution is -0.122. The lowest BCUT2D eigenvalue weighted by Gasteiger charge is -2.20. The summed E-state index contributed by atoms with van der Waals surface area (Å²) >= 11 is 5.96. The highest BCUT2D eigenvalue weighted by Crippen LogP contribution is 2.14. The van der Waals surface area contributed by atoms with Crippen LogP contribution in [0.2, 0.25) is 5.02 Å². The van der Waals surface area contributed by atoms with E-state index in [0.29, 0.717) is 25.2 Å². The van der Waals surface area contributed by atoms with Gasteiger partial charge in [-0.25, -0.2) is 4.68 Å². The van der Waals surface area contributed by atoms with E-state index < -0.39 is 0 Å². The van der Waals surface area contributed by atoms with Crippen molar-refractivity contribution in [2.24, 2.45) is 0 Å². The van der Waals surface area contributed by atoms with Crippen molar-refractivity contribution < 1.29 is 4.79 Å². The summed E-state index contributed by atoms with van der Waals surface area (Å²) in [4.78, 5) is 23.4. The zero-order chi connectivity index (χ0) is 15.3. The molecule has 6 nitrogen and oxygen atoms in total. The van der Waals surface area contributed by atoms with Crippen molar-refractivity contribution >= 4 is 23.2 Å². The number of rotatable bonds is 5. The summed E-state index contributed by atoms with van der Waals surface area (Å²) in [6, 6.07) is 0. The third kappa shape index (κ3) is 4.85. The van der Waals surface area contributed by atoms with Crippen molar-refractivity contribution in [1.82, 2.24) is 15.1 Å². The molecule has 112 valence electrons. The van der Waals surface area contributed by atoms with Gasteiger partial charge in [0.2, 0.25) is 5.91 Å². The molecule has 20 heavy (non-hydrogen) atoms. The van der Waals surface area contributed by atoms with Gasteiger partial charge in [-0.1, -0.05) is 11.6 Å². The number of nitrogens with one attached hydrogen (secondary N) is 2. The monoisotopic (exact) mass is 300 g/mol. The van der Waals surface area contributed by atoms with E-state index >= 15 is 0 Å². The Morgan fingerprint density at radius 2 is 2.10 bits per heavy atom. The molecule has 0 radical (unpaired) electrons. The Labute approximate surface area is 123 Å². The molecule has 0 fully saturated rings. The van der Waals surface area contributed by atoms with Crippen molar-refractivity contribution in [3.8, 4) is 0 Å². The van der Waals surface area contributed by atoms with Crippen LogP contribution in [0.25, 0.3) is 0 Å². The minimum Gasteiger partial charge on any atom is -0.382 e. The highest BCUT2D eigenvalue weighted by atomic mass is 35.5. The average molecular weight is 301 g/mol. The summed E-state index contributed by atoms with van der Waals surface area (Å²) in [6.07, 6.45) is 1.79. The smallest absolute Gasteiger partial charge is 0.287 e. The Balaban J connectivity index is 2.57. The molecule has 1 amide bonds. The second kappa shape index (κ2) is 6.74. The molecule has 0 aliphatic rings. The average Bonchev–Trinajstić information content (AvgIpc) is 2.32. The van der Waals surface area contributed by atoms with E-state index in [4.69, 9.17) is 11.6 Å². The zero-order valence-corrected chi connectivity index (χ0v) is 13.0. The number of aryl methyl sites for hydroxylation is 1. The summed E-state index contributed by atoms with van der Waals surface area (Å²) < 4.78 is 1.28. The molecule has 1 rings (SSSR count). The topological polar surface area (TPSA) is 76.0 Å². The molecule has 0 saturated heterocycles. The third-order valence-electron chi connectivity index (χ3n) is 2.47. The molecule has 1 aromatic rings. The number of hydrogen-bond donors (Lipinski definition) is 2. The van der Waals surface area contributed by atoms with Gasteiger partial charge in [0, 0.05) is 25.0 Å². The Kier molecular flexibility index (Phi) is 5.56. The minimum atomic E-state index is -0.335. The Hall–Kier alpha value is -1.56. The molecule has 0 saturated carbocycles. The predicted octanol–water partition coefficient (Wildman–Crippen LogP) is 1.63. The summed E-state index contributed by atoms with van der Waals surface area (Å²) in [5.41, 5.74) is -0.138. The van der Waals surface area contributed by atoms with Gasteiger partial charge < -0.3 is 10.6 Å². The second-order valence-electron chi connectivity index (χ2n) is 5.47. The van der Waals surface area contributed by atoms with E-state index in [1.165, 1.54) is 10.9 Å². The second-order valence-corrected chi connectivity index (χ2v) is 5.85. The molecule has 0 aliphatic heterocycles. The van der Waals surface area contributed by atoms with Gasteiger partial charge in [-0.2, -0.15) is 5.10 Å². The first-order valence-electron chi connectivity index (χ1n) is 6.55. The summed E-state index contributed by atoms with van der Waals surface area (Å²) in [5.74, 6) is -0.0593. The van der Waals surface area contributed by atoms with Gasteiger partial charge in [0.05, 0.1) is 11.9 Å². The molecule has 1 aromatic heterocycles. The summed E-state index contributed by atoms with van der Waals surface area (Å²) in [5, 5.41) is 9.88. The van der Waals surface area contributed by atoms with Crippen LogP contribution < -0.4 is 16.2 Å². The highest BCUT2D eigenvalue weighted by molar-refractivity contribution is 6.32. The minimum absolute atomic E-state index is 0.0593. The lowest BCUT2D eigenvalue weighted by atomic mass is 10.1. The molecular formula is C13H21ClN4O2. The van der Waals surface area contributed by atoms with E-state index in [1.807, 2.05) is 27.7 Å². The standard InChI is InChI=1S/C13H21ClN4O2/c1-5-18-12(20)11(14)9(8-16-18)15-7-6-10(19)17-13(2,3)4/h8,15H,5-7H2,1-4H3,(H,17,19). The fourth-order valence-electron chi connectivity index (χ4n) is 1.61. The maximum Gasteiger partial charge on any atom is 0.287 e. The fourth-order valence-corrected chi connectivity index (χ4v) is 1.82. The van der Waals surface area contributed by atoms with Crippen LogP contribution in [-0.2, 0) is 11.3 Å². The van der Waals surface area contributed by atoms with E-state index in [9.17, 15) is 9.59 Å². The van der Waals surface area contributed by atoms with Gasteiger partial charge >= 0.3 is 0 Å². The first-order valence-corrected chi connectivity index (χ1v) is 6.93. The molecule has 0 unspecified atom stereocenters.